The number of benzene rings is 1. The number of carbonyl (C=O) groups is 1. The van der Waals surface area contributed by atoms with Crippen LogP contribution in [0.25, 0.3) is 0 Å². The van der Waals surface area contributed by atoms with Gasteiger partial charge in [-0.2, -0.15) is 13.2 Å². The van der Waals surface area contributed by atoms with Gasteiger partial charge in [0.05, 0.1) is 5.56 Å². The fraction of sp³-hybridized carbons (Fsp3) is 0.556. The van der Waals surface area contributed by atoms with E-state index >= 15 is 0 Å². The number of aromatic amines is 1. The number of aromatic nitrogens is 1. The fourth-order valence-corrected chi connectivity index (χ4v) is 5.03. The van der Waals surface area contributed by atoms with Crippen molar-refractivity contribution in [3.63, 3.8) is 0 Å². The van der Waals surface area contributed by atoms with Gasteiger partial charge >= 0.3 is 6.18 Å². The second kappa shape index (κ2) is 11.1. The van der Waals surface area contributed by atoms with Crippen LogP contribution in [0.4, 0.5) is 18.9 Å². The molecule has 0 saturated carbocycles. The van der Waals surface area contributed by atoms with Crippen LogP contribution < -0.4 is 15.8 Å². The fourth-order valence-electron chi connectivity index (χ4n) is 5.03. The number of hydrogen-bond acceptors (Lipinski definition) is 4. The van der Waals surface area contributed by atoms with Gasteiger partial charge in [-0.25, -0.2) is 0 Å². The van der Waals surface area contributed by atoms with Gasteiger partial charge in [0.1, 0.15) is 0 Å². The maximum Gasteiger partial charge on any atom is 0.416 e. The third-order valence-corrected chi connectivity index (χ3v) is 7.08. The van der Waals surface area contributed by atoms with Gasteiger partial charge in [0.25, 0.3) is 11.5 Å². The Hall–Kier alpha value is -2.81. The summed E-state index contributed by atoms with van der Waals surface area (Å²) >= 11 is 0. The van der Waals surface area contributed by atoms with Gasteiger partial charge in [-0.3, -0.25) is 9.59 Å². The van der Waals surface area contributed by atoms with Crippen molar-refractivity contribution >= 4 is 11.6 Å². The molecule has 1 fully saturated rings. The third kappa shape index (κ3) is 6.11. The van der Waals surface area contributed by atoms with Crippen molar-refractivity contribution in [3.8, 4) is 0 Å². The molecule has 0 unspecified atom stereocenters. The molecule has 1 aromatic heterocycles. The maximum absolute atomic E-state index is 13.9. The van der Waals surface area contributed by atoms with Crippen LogP contribution in [0.5, 0.6) is 0 Å². The Morgan fingerprint density at radius 3 is 2.39 bits per heavy atom. The molecule has 198 valence electrons. The highest BCUT2D eigenvalue weighted by molar-refractivity contribution is 5.97. The molecule has 2 aromatic rings. The number of pyridine rings is 1. The summed E-state index contributed by atoms with van der Waals surface area (Å²) in [6.45, 7) is 11.5. The van der Waals surface area contributed by atoms with Crippen molar-refractivity contribution in [2.75, 3.05) is 31.6 Å². The lowest BCUT2D eigenvalue weighted by atomic mass is 9.96. The predicted molar refractivity (Wildman–Crippen MR) is 137 cm³/mol. The standard InChI is InChI=1S/C27H37F3N4O2/c1-7-34(20-8-10-33(6)11-9-20)24-14-19(27(28,29)30)13-22(18(24)5)25(35)31-15-23-21(16(2)3)12-17(4)32-26(23)36/h12-14,16,20H,7-11,15H2,1-6H3,(H,31,35)(H,32,36). The number of anilines is 1. The van der Waals surface area contributed by atoms with Crippen molar-refractivity contribution in [2.45, 2.75) is 72.1 Å². The van der Waals surface area contributed by atoms with Gasteiger partial charge in [-0.15, -0.1) is 0 Å². The topological polar surface area (TPSA) is 68.4 Å². The average Bonchev–Trinajstić information content (AvgIpc) is 2.79. The molecule has 36 heavy (non-hydrogen) atoms. The summed E-state index contributed by atoms with van der Waals surface area (Å²) in [4.78, 5) is 32.8. The Kier molecular flexibility index (Phi) is 8.54. The number of halogens is 3. The van der Waals surface area contributed by atoms with Crippen molar-refractivity contribution in [1.29, 1.82) is 0 Å². The minimum absolute atomic E-state index is 0.0270. The molecule has 9 heteroatoms. The molecule has 0 aliphatic carbocycles. The van der Waals surface area contributed by atoms with Crippen molar-refractivity contribution < 1.29 is 18.0 Å². The Morgan fingerprint density at radius 2 is 1.83 bits per heavy atom. The highest BCUT2D eigenvalue weighted by atomic mass is 19.4. The number of rotatable bonds is 7. The lowest BCUT2D eigenvalue weighted by Crippen LogP contribution is -2.44. The second-order valence-corrected chi connectivity index (χ2v) is 10.0. The van der Waals surface area contributed by atoms with E-state index in [1.54, 1.807) is 13.8 Å². The van der Waals surface area contributed by atoms with Crippen LogP contribution in [0, 0.1) is 13.8 Å². The van der Waals surface area contributed by atoms with Gasteiger partial charge in [0, 0.05) is 41.6 Å². The molecule has 1 aliphatic heterocycles. The van der Waals surface area contributed by atoms with E-state index in [1.165, 1.54) is 0 Å². The number of H-pyrrole nitrogens is 1. The van der Waals surface area contributed by atoms with E-state index in [0.717, 1.165) is 43.6 Å². The van der Waals surface area contributed by atoms with Gasteiger partial charge in [0.15, 0.2) is 0 Å². The number of hydrogen-bond donors (Lipinski definition) is 2. The second-order valence-electron chi connectivity index (χ2n) is 10.0. The molecule has 3 rings (SSSR count). The highest BCUT2D eigenvalue weighted by Crippen LogP contribution is 2.37. The van der Waals surface area contributed by atoms with E-state index in [1.807, 2.05) is 38.8 Å². The number of piperidine rings is 1. The number of alkyl halides is 3. The van der Waals surface area contributed by atoms with E-state index in [4.69, 9.17) is 0 Å². The smallest absolute Gasteiger partial charge is 0.368 e. The zero-order valence-corrected chi connectivity index (χ0v) is 22.0. The summed E-state index contributed by atoms with van der Waals surface area (Å²) in [5.41, 5.74) is 1.68. The van der Waals surface area contributed by atoms with Crippen molar-refractivity contribution in [2.24, 2.45) is 0 Å². The molecule has 1 aliphatic rings. The number of amides is 1. The average molecular weight is 507 g/mol. The summed E-state index contributed by atoms with van der Waals surface area (Å²) in [5, 5.41) is 2.71. The van der Waals surface area contributed by atoms with Gasteiger partial charge in [0.2, 0.25) is 0 Å². The Morgan fingerprint density at radius 1 is 1.19 bits per heavy atom. The molecule has 0 bridgehead atoms. The molecule has 6 nitrogen and oxygen atoms in total. The van der Waals surface area contributed by atoms with Crippen LogP contribution in [0.3, 0.4) is 0 Å². The minimum Gasteiger partial charge on any atom is -0.368 e. The SMILES string of the molecule is CCN(c1cc(C(F)(F)F)cc(C(=O)NCc2c(C(C)C)cc(C)[nH]c2=O)c1C)C1CCN(C)CC1. The molecule has 2 heterocycles. The summed E-state index contributed by atoms with van der Waals surface area (Å²) in [5.74, 6) is -0.582. The quantitative estimate of drug-likeness (QED) is 0.556. The molecule has 0 spiro atoms. The summed E-state index contributed by atoms with van der Waals surface area (Å²) in [6, 6.07) is 4.04. The number of nitrogens with one attached hydrogen (secondary N) is 2. The molecular formula is C27H37F3N4O2. The van der Waals surface area contributed by atoms with Crippen LogP contribution in [0.15, 0.2) is 23.0 Å². The molecule has 0 atom stereocenters. The summed E-state index contributed by atoms with van der Waals surface area (Å²) in [7, 11) is 2.04. The van der Waals surface area contributed by atoms with Gasteiger partial charge in [-0.1, -0.05) is 13.8 Å². The summed E-state index contributed by atoms with van der Waals surface area (Å²) in [6.07, 6.45) is -2.91. The first-order valence-electron chi connectivity index (χ1n) is 12.5. The molecule has 1 amide bonds. The lowest BCUT2D eigenvalue weighted by molar-refractivity contribution is -0.137. The zero-order valence-electron chi connectivity index (χ0n) is 22.0. The van der Waals surface area contributed by atoms with E-state index in [0.29, 0.717) is 29.1 Å². The van der Waals surface area contributed by atoms with Gasteiger partial charge < -0.3 is 20.1 Å². The normalized spacial score (nSPS) is 15.4. The number of nitrogens with zero attached hydrogens (tertiary/aromatic N) is 2. The van der Waals surface area contributed by atoms with Crippen LogP contribution in [0.1, 0.15) is 77.8 Å². The van der Waals surface area contributed by atoms with E-state index < -0.39 is 17.6 Å². The lowest BCUT2D eigenvalue weighted by Gasteiger charge is -2.39. The molecule has 1 aromatic carbocycles. The summed E-state index contributed by atoms with van der Waals surface area (Å²) < 4.78 is 41.7. The Bertz CT molecular complexity index is 1150. The third-order valence-electron chi connectivity index (χ3n) is 7.08. The van der Waals surface area contributed by atoms with Crippen LogP contribution in [-0.2, 0) is 12.7 Å². The Balaban J connectivity index is 1.98. The van der Waals surface area contributed by atoms with Crippen LogP contribution in [-0.4, -0.2) is 48.5 Å². The van der Waals surface area contributed by atoms with E-state index in [2.05, 4.69) is 15.2 Å². The Labute approximate surface area is 210 Å². The predicted octanol–water partition coefficient (Wildman–Crippen LogP) is 4.98. The maximum atomic E-state index is 13.9. The van der Waals surface area contributed by atoms with E-state index in [9.17, 15) is 22.8 Å². The molecule has 1 saturated heterocycles. The first-order valence-corrected chi connectivity index (χ1v) is 12.5. The number of carbonyl (C=O) groups excluding carboxylic acids is 1. The highest BCUT2D eigenvalue weighted by Gasteiger charge is 2.34. The zero-order chi connectivity index (χ0) is 26.8. The monoisotopic (exact) mass is 506 g/mol. The first kappa shape index (κ1) is 27.8. The van der Waals surface area contributed by atoms with Crippen LogP contribution in [0.2, 0.25) is 0 Å². The molecule has 0 radical (unpaired) electrons. The van der Waals surface area contributed by atoms with Crippen LogP contribution >= 0.6 is 0 Å². The number of aryl methyl sites for hydroxylation is 1. The first-order chi connectivity index (χ1) is 16.8. The van der Waals surface area contributed by atoms with Crippen molar-refractivity contribution in [1.82, 2.24) is 15.2 Å². The van der Waals surface area contributed by atoms with Crippen molar-refractivity contribution in [3.05, 3.63) is 62.1 Å². The largest absolute Gasteiger partial charge is 0.416 e. The van der Waals surface area contributed by atoms with Gasteiger partial charge in [-0.05, 0) is 89.0 Å². The number of likely N-dealkylation sites (tertiary alicyclic amines) is 1. The van der Waals surface area contributed by atoms with E-state index in [-0.39, 0.29) is 29.6 Å². The minimum atomic E-state index is -4.59. The molecule has 2 N–H and O–H groups in total. The molecular weight excluding hydrogens is 469 g/mol.